The SMILES string of the molecule is [2H]C(C)(C)c1ccnc(-c2cccc3c2oc2ccc(-c4ccc(-c5ccccc5)cc4)cc23)c1. The van der Waals surface area contributed by atoms with Crippen molar-refractivity contribution in [2.75, 3.05) is 0 Å². The van der Waals surface area contributed by atoms with Gasteiger partial charge in [0.25, 0.3) is 0 Å². The van der Waals surface area contributed by atoms with E-state index in [4.69, 9.17) is 5.79 Å². The number of para-hydroxylation sites is 1. The van der Waals surface area contributed by atoms with Crippen molar-refractivity contribution in [3.63, 3.8) is 0 Å². The Labute approximate surface area is 200 Å². The Morgan fingerprint density at radius 3 is 2.15 bits per heavy atom. The van der Waals surface area contributed by atoms with Crippen molar-refractivity contribution < 1.29 is 5.79 Å². The van der Waals surface area contributed by atoms with E-state index in [9.17, 15) is 0 Å². The van der Waals surface area contributed by atoms with Crippen LogP contribution in [0.5, 0.6) is 0 Å². The van der Waals surface area contributed by atoms with Gasteiger partial charge < -0.3 is 4.42 Å². The maximum atomic E-state index is 8.40. The fourth-order valence-corrected chi connectivity index (χ4v) is 4.55. The lowest BCUT2D eigenvalue weighted by Gasteiger charge is -2.07. The Morgan fingerprint density at radius 2 is 1.38 bits per heavy atom. The van der Waals surface area contributed by atoms with Gasteiger partial charge in [-0.2, -0.15) is 0 Å². The Morgan fingerprint density at radius 1 is 0.676 bits per heavy atom. The predicted octanol–water partition coefficient (Wildman–Crippen LogP) is 9.11. The van der Waals surface area contributed by atoms with Crippen LogP contribution in [0.15, 0.2) is 114 Å². The lowest BCUT2D eigenvalue weighted by molar-refractivity contribution is 0.670. The second-order valence-electron chi connectivity index (χ2n) is 8.87. The third-order valence-electron chi connectivity index (χ3n) is 6.44. The zero-order valence-corrected chi connectivity index (χ0v) is 19.2. The number of benzene rings is 4. The van der Waals surface area contributed by atoms with Crippen molar-refractivity contribution >= 4 is 21.9 Å². The van der Waals surface area contributed by atoms with Gasteiger partial charge in [-0.15, -0.1) is 0 Å². The normalized spacial score (nSPS) is 12.2. The molecule has 0 aliphatic carbocycles. The number of hydrogen-bond acceptors (Lipinski definition) is 2. The molecule has 164 valence electrons. The molecular weight excluding hydrogens is 414 g/mol. The molecule has 2 heterocycles. The Kier molecular flexibility index (Phi) is 4.72. The Hall–Kier alpha value is -4.17. The van der Waals surface area contributed by atoms with Crippen LogP contribution in [0.4, 0.5) is 0 Å². The monoisotopic (exact) mass is 440 g/mol. The smallest absolute Gasteiger partial charge is 0.144 e. The van der Waals surface area contributed by atoms with Gasteiger partial charge in [0.2, 0.25) is 0 Å². The van der Waals surface area contributed by atoms with Crippen molar-refractivity contribution in [3.05, 3.63) is 115 Å². The van der Waals surface area contributed by atoms with E-state index in [-0.39, 0.29) is 0 Å². The van der Waals surface area contributed by atoms with E-state index in [1.54, 1.807) is 6.20 Å². The molecule has 0 spiro atoms. The van der Waals surface area contributed by atoms with Gasteiger partial charge in [-0.25, -0.2) is 0 Å². The maximum absolute atomic E-state index is 8.40. The average molecular weight is 441 g/mol. The number of pyridine rings is 1. The van der Waals surface area contributed by atoms with E-state index in [0.717, 1.165) is 44.3 Å². The van der Waals surface area contributed by atoms with Crippen LogP contribution in [0.1, 0.15) is 26.7 Å². The highest BCUT2D eigenvalue weighted by molar-refractivity contribution is 6.10. The molecule has 0 radical (unpaired) electrons. The predicted molar refractivity (Wildman–Crippen MR) is 142 cm³/mol. The topological polar surface area (TPSA) is 26.0 Å². The third kappa shape index (κ3) is 3.58. The van der Waals surface area contributed by atoms with Gasteiger partial charge in [0.15, 0.2) is 0 Å². The Bertz CT molecular complexity index is 1660. The number of hydrogen-bond donors (Lipinski definition) is 0. The molecule has 0 aliphatic heterocycles. The van der Waals surface area contributed by atoms with E-state index >= 15 is 0 Å². The molecular formula is C32H25NO. The second-order valence-corrected chi connectivity index (χ2v) is 8.87. The molecule has 2 heteroatoms. The molecule has 0 aliphatic rings. The largest absolute Gasteiger partial charge is 0.455 e. The quantitative estimate of drug-likeness (QED) is 0.273. The van der Waals surface area contributed by atoms with Gasteiger partial charge in [-0.05, 0) is 64.0 Å². The van der Waals surface area contributed by atoms with Crippen LogP contribution >= 0.6 is 0 Å². The minimum Gasteiger partial charge on any atom is -0.455 e. The Balaban J connectivity index is 1.43. The molecule has 2 nitrogen and oxygen atoms in total. The number of aromatic nitrogens is 1. The lowest BCUT2D eigenvalue weighted by Crippen LogP contribution is -1.90. The molecule has 0 bridgehead atoms. The molecule has 0 unspecified atom stereocenters. The van der Waals surface area contributed by atoms with E-state index in [1.807, 2.05) is 44.2 Å². The summed E-state index contributed by atoms with van der Waals surface area (Å²) < 4.78 is 14.7. The summed E-state index contributed by atoms with van der Waals surface area (Å²) in [5.74, 6) is -0.690. The zero-order valence-electron chi connectivity index (χ0n) is 20.2. The van der Waals surface area contributed by atoms with E-state index in [2.05, 4.69) is 77.8 Å². The molecule has 0 amide bonds. The summed E-state index contributed by atoms with van der Waals surface area (Å²) in [6.45, 7) is 3.78. The lowest BCUT2D eigenvalue weighted by atomic mass is 9.98. The zero-order chi connectivity index (χ0) is 24.0. The van der Waals surface area contributed by atoms with E-state index < -0.39 is 5.89 Å². The molecule has 0 N–H and O–H groups in total. The molecule has 2 aromatic heterocycles. The van der Waals surface area contributed by atoms with Crippen LogP contribution in [0, 0.1) is 0 Å². The fourth-order valence-electron chi connectivity index (χ4n) is 4.55. The first-order chi connectivity index (χ1) is 17.0. The van der Waals surface area contributed by atoms with Gasteiger partial charge in [-0.3, -0.25) is 4.98 Å². The van der Waals surface area contributed by atoms with Crippen molar-refractivity contribution in [2.24, 2.45) is 0 Å². The van der Waals surface area contributed by atoms with Crippen LogP contribution in [-0.2, 0) is 0 Å². The third-order valence-corrected chi connectivity index (χ3v) is 6.44. The molecule has 6 rings (SSSR count). The number of rotatable bonds is 4. The summed E-state index contributed by atoms with van der Waals surface area (Å²) in [4.78, 5) is 4.60. The van der Waals surface area contributed by atoms with Crippen LogP contribution in [0.25, 0.3) is 55.4 Å². The van der Waals surface area contributed by atoms with Gasteiger partial charge in [0.05, 0.1) is 5.69 Å². The van der Waals surface area contributed by atoms with Gasteiger partial charge in [0, 0.05) is 23.9 Å². The molecule has 4 aromatic carbocycles. The van der Waals surface area contributed by atoms with Crippen molar-refractivity contribution in [3.8, 4) is 33.5 Å². The summed E-state index contributed by atoms with van der Waals surface area (Å²) >= 11 is 0. The summed E-state index contributed by atoms with van der Waals surface area (Å²) in [6, 6.07) is 35.6. The van der Waals surface area contributed by atoms with Crippen molar-refractivity contribution in [1.82, 2.24) is 4.98 Å². The first-order valence-corrected chi connectivity index (χ1v) is 11.6. The summed E-state index contributed by atoms with van der Waals surface area (Å²) in [6.07, 6.45) is 1.78. The molecule has 0 saturated carbocycles. The second kappa shape index (κ2) is 8.31. The summed E-state index contributed by atoms with van der Waals surface area (Å²) in [5.41, 5.74) is 9.12. The number of fused-ring (bicyclic) bond motifs is 3. The highest BCUT2D eigenvalue weighted by Crippen LogP contribution is 2.37. The number of furan rings is 1. The molecule has 0 fully saturated rings. The summed E-state index contributed by atoms with van der Waals surface area (Å²) in [5, 5.41) is 2.15. The van der Waals surface area contributed by atoms with Crippen molar-refractivity contribution in [2.45, 2.75) is 19.7 Å². The molecule has 6 aromatic rings. The van der Waals surface area contributed by atoms with E-state index in [0.29, 0.717) is 0 Å². The number of nitrogens with zero attached hydrogens (tertiary/aromatic N) is 1. The standard InChI is InChI=1S/C32H25NO/c1-21(2)25-17-18-33-30(20-25)28-10-6-9-27-29-19-26(15-16-31(29)34-32(27)28)24-13-11-23(12-14-24)22-7-4-3-5-8-22/h3-21H,1-2H3/i21D. The van der Waals surface area contributed by atoms with Gasteiger partial charge in [0.1, 0.15) is 11.2 Å². The van der Waals surface area contributed by atoms with Crippen LogP contribution < -0.4 is 0 Å². The highest BCUT2D eigenvalue weighted by Gasteiger charge is 2.14. The average Bonchev–Trinajstić information content (AvgIpc) is 3.27. The minimum atomic E-state index is -0.690. The molecule has 0 atom stereocenters. The minimum absolute atomic E-state index is 0.690. The van der Waals surface area contributed by atoms with Crippen LogP contribution in [0.2, 0.25) is 0 Å². The first kappa shape index (κ1) is 19.3. The maximum Gasteiger partial charge on any atom is 0.144 e. The van der Waals surface area contributed by atoms with Crippen LogP contribution in [0.3, 0.4) is 0 Å². The van der Waals surface area contributed by atoms with E-state index in [1.165, 1.54) is 16.7 Å². The highest BCUT2D eigenvalue weighted by atomic mass is 16.3. The first-order valence-electron chi connectivity index (χ1n) is 12.1. The van der Waals surface area contributed by atoms with Gasteiger partial charge >= 0.3 is 0 Å². The van der Waals surface area contributed by atoms with Crippen molar-refractivity contribution in [1.29, 1.82) is 0 Å². The fraction of sp³-hybridized carbons (Fsp3) is 0.0938. The molecule has 0 saturated heterocycles. The van der Waals surface area contributed by atoms with Crippen LogP contribution in [-0.4, -0.2) is 4.98 Å². The summed E-state index contributed by atoms with van der Waals surface area (Å²) in [7, 11) is 0. The molecule has 34 heavy (non-hydrogen) atoms. The van der Waals surface area contributed by atoms with Gasteiger partial charge in [-0.1, -0.05) is 86.6 Å².